The van der Waals surface area contributed by atoms with Gasteiger partial charge in [0.25, 0.3) is 0 Å². The summed E-state index contributed by atoms with van der Waals surface area (Å²) in [5.41, 5.74) is 4.56. The molecule has 3 nitrogen and oxygen atoms in total. The van der Waals surface area contributed by atoms with Crippen molar-refractivity contribution in [2.45, 2.75) is 20.3 Å². The smallest absolute Gasteiger partial charge is 0.330 e. The first-order valence-electron chi connectivity index (χ1n) is 7.38. The fraction of sp³-hybridized carbons (Fsp3) is 0.263. The summed E-state index contributed by atoms with van der Waals surface area (Å²) < 4.78 is 4.72. The molecule has 0 spiro atoms. The quantitative estimate of drug-likeness (QED) is 0.617. The number of hydrogen-bond donors (Lipinski definition) is 0. The molecular formula is C19H21NO2. The minimum Gasteiger partial charge on any atom is -0.466 e. The minimum absolute atomic E-state index is 0.294. The average molecular weight is 295 g/mol. The molecule has 0 radical (unpaired) electrons. The van der Waals surface area contributed by atoms with Gasteiger partial charge >= 0.3 is 5.97 Å². The highest BCUT2D eigenvalue weighted by molar-refractivity contribution is 5.82. The highest BCUT2D eigenvalue weighted by Gasteiger charge is 2.08. The summed E-state index contributed by atoms with van der Waals surface area (Å²) in [5.74, 6) is 0.0103. The van der Waals surface area contributed by atoms with E-state index in [-0.39, 0.29) is 5.97 Å². The van der Waals surface area contributed by atoms with Gasteiger partial charge in [-0.25, -0.2) is 4.79 Å². The zero-order valence-corrected chi connectivity index (χ0v) is 13.2. The fourth-order valence-electron chi connectivity index (χ4n) is 2.23. The van der Waals surface area contributed by atoms with E-state index in [1.807, 2.05) is 12.1 Å². The Morgan fingerprint density at radius 1 is 1.09 bits per heavy atom. The molecule has 22 heavy (non-hydrogen) atoms. The van der Waals surface area contributed by atoms with Gasteiger partial charge in [0, 0.05) is 18.5 Å². The number of hydrogen-bond acceptors (Lipinski definition) is 3. The van der Waals surface area contributed by atoms with E-state index in [0.29, 0.717) is 5.92 Å². The largest absolute Gasteiger partial charge is 0.466 e. The Balaban J connectivity index is 2.16. The van der Waals surface area contributed by atoms with Crippen LogP contribution in [0.3, 0.4) is 0 Å². The van der Waals surface area contributed by atoms with E-state index in [0.717, 1.165) is 23.1 Å². The zero-order valence-electron chi connectivity index (χ0n) is 13.2. The maximum absolute atomic E-state index is 11.5. The monoisotopic (exact) mass is 295 g/mol. The molecule has 0 aliphatic rings. The normalized spacial score (nSPS) is 11.5. The molecule has 0 bridgehead atoms. The first-order valence-corrected chi connectivity index (χ1v) is 7.38. The van der Waals surface area contributed by atoms with Crippen molar-refractivity contribution in [2.24, 2.45) is 5.92 Å². The number of carbonyl (C=O) groups is 1. The molecule has 0 amide bonds. The summed E-state index contributed by atoms with van der Waals surface area (Å²) in [4.78, 5) is 15.5. The van der Waals surface area contributed by atoms with Gasteiger partial charge < -0.3 is 4.74 Å². The molecule has 0 saturated carbocycles. The van der Waals surface area contributed by atoms with E-state index < -0.39 is 0 Å². The predicted octanol–water partition coefficient (Wildman–Crippen LogP) is 4.05. The number of nitrogens with zero attached hydrogens (tertiary/aromatic N) is 1. The lowest BCUT2D eigenvalue weighted by atomic mass is 9.94. The summed E-state index contributed by atoms with van der Waals surface area (Å²) in [6.45, 7) is 4.17. The Kier molecular flexibility index (Phi) is 5.48. The molecule has 0 unspecified atom stereocenters. The van der Waals surface area contributed by atoms with Crippen LogP contribution in [0.2, 0.25) is 0 Å². The van der Waals surface area contributed by atoms with Crippen molar-refractivity contribution in [2.75, 3.05) is 7.11 Å². The number of pyridine rings is 1. The highest BCUT2D eigenvalue weighted by Crippen LogP contribution is 2.21. The van der Waals surface area contributed by atoms with Crippen LogP contribution in [-0.4, -0.2) is 18.1 Å². The van der Waals surface area contributed by atoms with Gasteiger partial charge in [0.15, 0.2) is 0 Å². The number of benzene rings is 1. The van der Waals surface area contributed by atoms with E-state index in [9.17, 15) is 4.79 Å². The Morgan fingerprint density at radius 2 is 1.68 bits per heavy atom. The van der Waals surface area contributed by atoms with Crippen LogP contribution in [0.25, 0.3) is 11.1 Å². The van der Waals surface area contributed by atoms with Crippen molar-refractivity contribution in [3.63, 3.8) is 0 Å². The second-order valence-corrected chi connectivity index (χ2v) is 5.51. The lowest BCUT2D eigenvalue weighted by molar-refractivity contribution is -0.134. The number of ether oxygens (including phenoxy) is 1. The molecule has 0 aliphatic heterocycles. The predicted molar refractivity (Wildman–Crippen MR) is 88.3 cm³/mol. The molecule has 0 saturated heterocycles. The van der Waals surface area contributed by atoms with Crippen LogP contribution < -0.4 is 0 Å². The maximum atomic E-state index is 11.5. The van der Waals surface area contributed by atoms with Crippen LogP contribution in [0.4, 0.5) is 0 Å². The molecule has 3 heteroatoms. The van der Waals surface area contributed by atoms with Crippen LogP contribution >= 0.6 is 0 Å². The minimum atomic E-state index is -0.294. The van der Waals surface area contributed by atoms with Gasteiger partial charge in [-0.1, -0.05) is 43.7 Å². The Morgan fingerprint density at radius 3 is 2.23 bits per heavy atom. The molecule has 0 N–H and O–H groups in total. The molecular weight excluding hydrogens is 274 g/mol. The molecule has 0 fully saturated rings. The number of aromatic nitrogens is 1. The summed E-state index contributed by atoms with van der Waals surface area (Å²) >= 11 is 0. The summed E-state index contributed by atoms with van der Waals surface area (Å²) in [7, 11) is 1.40. The van der Waals surface area contributed by atoms with Crippen molar-refractivity contribution in [1.82, 2.24) is 4.98 Å². The van der Waals surface area contributed by atoms with E-state index in [4.69, 9.17) is 4.74 Å². The molecule has 1 heterocycles. The van der Waals surface area contributed by atoms with Gasteiger partial charge in [-0.3, -0.25) is 4.98 Å². The van der Waals surface area contributed by atoms with Gasteiger partial charge in [-0.05, 0) is 41.2 Å². The van der Waals surface area contributed by atoms with Gasteiger partial charge in [-0.15, -0.1) is 0 Å². The molecule has 0 aliphatic carbocycles. The van der Waals surface area contributed by atoms with Crippen molar-refractivity contribution in [1.29, 1.82) is 0 Å². The number of rotatable bonds is 5. The number of carbonyl (C=O) groups excluding carboxylic acids is 1. The molecule has 1 aromatic carbocycles. The molecule has 1 aromatic heterocycles. The number of allylic oxidation sites excluding steroid dienone is 1. The first-order chi connectivity index (χ1) is 10.6. The van der Waals surface area contributed by atoms with Gasteiger partial charge in [0.1, 0.15) is 0 Å². The summed E-state index contributed by atoms with van der Waals surface area (Å²) in [5, 5.41) is 0. The second-order valence-electron chi connectivity index (χ2n) is 5.51. The van der Waals surface area contributed by atoms with Gasteiger partial charge in [0.05, 0.1) is 7.11 Å². The molecule has 0 atom stereocenters. The van der Waals surface area contributed by atoms with Crippen molar-refractivity contribution >= 4 is 5.97 Å². The standard InChI is InChI=1S/C19H21NO2/c1-14(2)18(13-19(21)22-3)12-15-4-6-16(7-5-15)17-8-10-20-11-9-17/h4-11,13-14H,12H2,1-3H3/b18-13-. The van der Waals surface area contributed by atoms with E-state index >= 15 is 0 Å². The summed E-state index contributed by atoms with van der Waals surface area (Å²) in [6.07, 6.45) is 5.93. The molecule has 2 aromatic rings. The van der Waals surface area contributed by atoms with Gasteiger partial charge in [0.2, 0.25) is 0 Å². The third kappa shape index (κ3) is 4.29. The van der Waals surface area contributed by atoms with E-state index in [1.165, 1.54) is 12.7 Å². The Hall–Kier alpha value is -2.42. The van der Waals surface area contributed by atoms with Crippen LogP contribution in [0.15, 0.2) is 60.4 Å². The first kappa shape index (κ1) is 16.0. The third-order valence-corrected chi connectivity index (χ3v) is 3.62. The van der Waals surface area contributed by atoms with Crippen LogP contribution in [-0.2, 0) is 16.0 Å². The lowest BCUT2D eigenvalue weighted by Crippen LogP contribution is -2.04. The topological polar surface area (TPSA) is 39.2 Å². The molecule has 114 valence electrons. The van der Waals surface area contributed by atoms with E-state index in [2.05, 4.69) is 43.1 Å². The number of esters is 1. The van der Waals surface area contributed by atoms with Crippen LogP contribution in [0.5, 0.6) is 0 Å². The number of methoxy groups -OCH3 is 1. The Bertz CT molecular complexity index is 643. The second kappa shape index (κ2) is 7.55. The average Bonchev–Trinajstić information content (AvgIpc) is 2.55. The van der Waals surface area contributed by atoms with Crippen LogP contribution in [0.1, 0.15) is 19.4 Å². The molecule has 2 rings (SSSR count). The summed E-state index contributed by atoms with van der Waals surface area (Å²) in [6, 6.07) is 12.4. The van der Waals surface area contributed by atoms with Crippen molar-refractivity contribution < 1.29 is 9.53 Å². The van der Waals surface area contributed by atoms with Crippen molar-refractivity contribution in [3.8, 4) is 11.1 Å². The van der Waals surface area contributed by atoms with Crippen molar-refractivity contribution in [3.05, 3.63) is 66.0 Å². The third-order valence-electron chi connectivity index (χ3n) is 3.62. The Labute approximate surface area is 131 Å². The van der Waals surface area contributed by atoms with E-state index in [1.54, 1.807) is 18.5 Å². The highest BCUT2D eigenvalue weighted by atomic mass is 16.5. The SMILES string of the molecule is COC(=O)/C=C(/Cc1ccc(-c2ccncc2)cc1)C(C)C. The fourth-order valence-corrected chi connectivity index (χ4v) is 2.23. The zero-order chi connectivity index (χ0) is 15.9. The van der Waals surface area contributed by atoms with Crippen LogP contribution in [0, 0.1) is 5.92 Å². The maximum Gasteiger partial charge on any atom is 0.330 e. The van der Waals surface area contributed by atoms with Gasteiger partial charge in [-0.2, -0.15) is 0 Å². The lowest BCUT2D eigenvalue weighted by Gasteiger charge is -2.12.